The van der Waals surface area contributed by atoms with Crippen LogP contribution in [0.5, 0.6) is 0 Å². The highest BCUT2D eigenvalue weighted by molar-refractivity contribution is 5.85. The Morgan fingerprint density at radius 2 is 2.40 bits per heavy atom. The second-order valence-corrected chi connectivity index (χ2v) is 2.14. The van der Waals surface area contributed by atoms with E-state index in [1.807, 2.05) is 0 Å². The Hall–Kier alpha value is -0.480. The molecule has 0 bridgehead atoms. The summed E-state index contributed by atoms with van der Waals surface area (Å²) in [6.45, 7) is 1.69. The molecule has 1 saturated heterocycles. The molecule has 1 aliphatic rings. The summed E-state index contributed by atoms with van der Waals surface area (Å²) < 4.78 is 0. The maximum atomic E-state index is 10.0. The van der Waals surface area contributed by atoms with Crippen LogP contribution in [-0.2, 0) is 0 Å². The third-order valence-corrected chi connectivity index (χ3v) is 1.39. The molecule has 4 nitrogen and oxygen atoms in total. The standard InChI is InChI=1S/C5H10N2O2.ClH/c8-5(9)7-4-1-2-6-3-4;/h4,6-7H,1-3H2,(H,8,9);1H/t4-;/m0./s1. The van der Waals surface area contributed by atoms with Crippen molar-refractivity contribution in [3.05, 3.63) is 0 Å². The van der Waals surface area contributed by atoms with E-state index in [-0.39, 0.29) is 18.4 Å². The highest BCUT2D eigenvalue weighted by Crippen LogP contribution is 1.95. The number of amides is 1. The topological polar surface area (TPSA) is 61.4 Å². The lowest BCUT2D eigenvalue weighted by Crippen LogP contribution is -2.34. The minimum Gasteiger partial charge on any atom is -0.465 e. The Kier molecular flexibility index (Phi) is 4.14. The van der Waals surface area contributed by atoms with E-state index in [4.69, 9.17) is 5.11 Å². The molecule has 0 radical (unpaired) electrons. The van der Waals surface area contributed by atoms with Crippen molar-refractivity contribution in [3.8, 4) is 0 Å². The van der Waals surface area contributed by atoms with Crippen molar-refractivity contribution in [1.82, 2.24) is 10.6 Å². The maximum absolute atomic E-state index is 10.0. The average molecular weight is 167 g/mol. The van der Waals surface area contributed by atoms with Crippen LogP contribution in [0, 0.1) is 0 Å². The van der Waals surface area contributed by atoms with Gasteiger partial charge in [0.15, 0.2) is 0 Å². The molecule has 1 rings (SSSR count). The third kappa shape index (κ3) is 2.89. The van der Waals surface area contributed by atoms with Gasteiger partial charge in [0.2, 0.25) is 0 Å². The summed E-state index contributed by atoms with van der Waals surface area (Å²) in [6, 6.07) is 0.127. The number of rotatable bonds is 1. The summed E-state index contributed by atoms with van der Waals surface area (Å²) in [5.41, 5.74) is 0. The molecule has 0 aromatic carbocycles. The largest absolute Gasteiger partial charge is 0.465 e. The van der Waals surface area contributed by atoms with Crippen molar-refractivity contribution in [2.75, 3.05) is 13.1 Å². The number of hydrogen-bond donors (Lipinski definition) is 3. The molecule has 1 fully saturated rings. The van der Waals surface area contributed by atoms with Gasteiger partial charge in [-0.2, -0.15) is 0 Å². The molecular formula is C5H11ClN2O2. The van der Waals surface area contributed by atoms with E-state index < -0.39 is 6.09 Å². The van der Waals surface area contributed by atoms with Gasteiger partial charge in [0.1, 0.15) is 0 Å². The zero-order valence-electron chi connectivity index (χ0n) is 5.46. The smallest absolute Gasteiger partial charge is 0.404 e. The van der Waals surface area contributed by atoms with Crippen LogP contribution in [0.3, 0.4) is 0 Å². The van der Waals surface area contributed by atoms with E-state index >= 15 is 0 Å². The van der Waals surface area contributed by atoms with E-state index in [1.54, 1.807) is 0 Å². The van der Waals surface area contributed by atoms with Gasteiger partial charge >= 0.3 is 6.09 Å². The molecule has 3 N–H and O–H groups in total. The molecular weight excluding hydrogens is 156 g/mol. The van der Waals surface area contributed by atoms with Crippen LogP contribution in [0.2, 0.25) is 0 Å². The molecule has 0 aliphatic carbocycles. The molecule has 60 valence electrons. The molecule has 0 spiro atoms. The molecule has 0 aromatic rings. The first-order valence-electron chi connectivity index (χ1n) is 2.99. The fourth-order valence-electron chi connectivity index (χ4n) is 0.952. The van der Waals surface area contributed by atoms with E-state index in [9.17, 15) is 4.79 Å². The molecule has 1 aliphatic heterocycles. The lowest BCUT2D eigenvalue weighted by molar-refractivity contribution is 0.190. The van der Waals surface area contributed by atoms with Crippen molar-refractivity contribution < 1.29 is 9.90 Å². The van der Waals surface area contributed by atoms with Crippen molar-refractivity contribution in [3.63, 3.8) is 0 Å². The fraction of sp³-hybridized carbons (Fsp3) is 0.800. The normalized spacial score (nSPS) is 23.4. The second kappa shape index (κ2) is 4.35. The quantitative estimate of drug-likeness (QED) is 0.516. The monoisotopic (exact) mass is 166 g/mol. The third-order valence-electron chi connectivity index (χ3n) is 1.39. The van der Waals surface area contributed by atoms with Crippen LogP contribution in [0.1, 0.15) is 6.42 Å². The first kappa shape index (κ1) is 9.52. The van der Waals surface area contributed by atoms with E-state index in [0.717, 1.165) is 19.5 Å². The maximum Gasteiger partial charge on any atom is 0.404 e. The van der Waals surface area contributed by atoms with Gasteiger partial charge in [-0.3, -0.25) is 0 Å². The summed E-state index contributed by atoms with van der Waals surface area (Å²) in [4.78, 5) is 10.0. The van der Waals surface area contributed by atoms with Crippen molar-refractivity contribution >= 4 is 18.5 Å². The number of halogens is 1. The predicted octanol–water partition coefficient (Wildman–Crippen LogP) is 0.0377. The number of hydrogen-bond acceptors (Lipinski definition) is 2. The minimum absolute atomic E-state index is 0. The zero-order valence-corrected chi connectivity index (χ0v) is 6.28. The van der Waals surface area contributed by atoms with Gasteiger partial charge in [-0.25, -0.2) is 4.79 Å². The van der Waals surface area contributed by atoms with Gasteiger partial charge in [0.05, 0.1) is 0 Å². The second-order valence-electron chi connectivity index (χ2n) is 2.14. The Balaban J connectivity index is 0.000000810. The van der Waals surface area contributed by atoms with Crippen LogP contribution in [0.25, 0.3) is 0 Å². The van der Waals surface area contributed by atoms with Crippen LogP contribution in [0.4, 0.5) is 4.79 Å². The SMILES string of the molecule is Cl.O=C(O)N[C@H]1CCNC1. The summed E-state index contributed by atoms with van der Waals surface area (Å²) in [5, 5.41) is 13.7. The summed E-state index contributed by atoms with van der Waals surface area (Å²) in [5.74, 6) is 0. The Morgan fingerprint density at radius 1 is 1.70 bits per heavy atom. The molecule has 10 heavy (non-hydrogen) atoms. The van der Waals surface area contributed by atoms with Gasteiger partial charge in [-0.15, -0.1) is 12.4 Å². The number of carboxylic acid groups (broad SMARTS) is 1. The molecule has 1 heterocycles. The highest BCUT2D eigenvalue weighted by Gasteiger charge is 2.14. The first-order valence-corrected chi connectivity index (χ1v) is 2.99. The van der Waals surface area contributed by atoms with E-state index in [0.29, 0.717) is 0 Å². The Bertz CT molecular complexity index is 114. The Labute approximate surface area is 65.4 Å². The first-order chi connectivity index (χ1) is 4.29. The fourth-order valence-corrected chi connectivity index (χ4v) is 0.952. The molecule has 0 aromatic heterocycles. The summed E-state index contributed by atoms with van der Waals surface area (Å²) in [7, 11) is 0. The van der Waals surface area contributed by atoms with E-state index in [2.05, 4.69) is 10.6 Å². The van der Waals surface area contributed by atoms with Crippen LogP contribution >= 0.6 is 12.4 Å². The predicted molar refractivity (Wildman–Crippen MR) is 39.7 cm³/mol. The van der Waals surface area contributed by atoms with E-state index in [1.165, 1.54) is 0 Å². The summed E-state index contributed by atoms with van der Waals surface area (Å²) in [6.07, 6.45) is -0.0181. The molecule has 5 heteroatoms. The van der Waals surface area contributed by atoms with Gasteiger partial charge in [-0.1, -0.05) is 0 Å². The van der Waals surface area contributed by atoms with Crippen molar-refractivity contribution in [2.24, 2.45) is 0 Å². The number of carbonyl (C=O) groups is 1. The van der Waals surface area contributed by atoms with Crippen LogP contribution in [-0.4, -0.2) is 30.3 Å². The molecule has 0 unspecified atom stereocenters. The lowest BCUT2D eigenvalue weighted by atomic mass is 10.3. The Morgan fingerprint density at radius 3 is 2.80 bits per heavy atom. The van der Waals surface area contributed by atoms with Crippen LogP contribution < -0.4 is 10.6 Å². The van der Waals surface area contributed by atoms with Gasteiger partial charge < -0.3 is 15.7 Å². The van der Waals surface area contributed by atoms with Crippen LogP contribution in [0.15, 0.2) is 0 Å². The molecule has 1 amide bonds. The van der Waals surface area contributed by atoms with Gasteiger partial charge in [0, 0.05) is 12.6 Å². The molecule has 1 atom stereocenters. The summed E-state index contributed by atoms with van der Waals surface area (Å²) >= 11 is 0. The minimum atomic E-state index is -0.927. The van der Waals surface area contributed by atoms with Crippen molar-refractivity contribution in [2.45, 2.75) is 12.5 Å². The van der Waals surface area contributed by atoms with Gasteiger partial charge in [0.25, 0.3) is 0 Å². The zero-order chi connectivity index (χ0) is 6.69. The average Bonchev–Trinajstić information content (AvgIpc) is 2.15. The highest BCUT2D eigenvalue weighted by atomic mass is 35.5. The van der Waals surface area contributed by atoms with Gasteiger partial charge in [-0.05, 0) is 13.0 Å². The van der Waals surface area contributed by atoms with Crippen molar-refractivity contribution in [1.29, 1.82) is 0 Å². The molecule has 0 saturated carbocycles. The lowest BCUT2D eigenvalue weighted by Gasteiger charge is -2.05. The number of nitrogens with one attached hydrogen (secondary N) is 2.